The lowest BCUT2D eigenvalue weighted by atomic mass is 10.0. The topological polar surface area (TPSA) is 71.7 Å². The minimum Gasteiger partial charge on any atom is -0.466 e. The minimum absolute atomic E-state index is 0.0459. The van der Waals surface area contributed by atoms with Crippen LogP contribution in [0.3, 0.4) is 0 Å². The number of benzene rings is 1. The number of alkyl halides is 2. The molecule has 0 aliphatic heterocycles. The molecule has 124 valence electrons. The Kier molecular flexibility index (Phi) is 5.33. The fourth-order valence-corrected chi connectivity index (χ4v) is 2.04. The molecule has 0 spiro atoms. The summed E-state index contributed by atoms with van der Waals surface area (Å²) < 4.78 is 34.1. The van der Waals surface area contributed by atoms with Crippen LogP contribution in [0.5, 0.6) is 5.75 Å². The van der Waals surface area contributed by atoms with E-state index in [0.29, 0.717) is 11.3 Å². The highest BCUT2D eigenvalue weighted by molar-refractivity contribution is 5.79. The van der Waals surface area contributed by atoms with Crippen LogP contribution >= 0.6 is 0 Å². The first-order valence-electron chi connectivity index (χ1n) is 6.94. The summed E-state index contributed by atoms with van der Waals surface area (Å²) in [4.78, 5) is 12.0. The summed E-state index contributed by atoms with van der Waals surface area (Å²) in [6.07, 6.45) is 1.28. The molecular weight excluding hydrogens is 308 g/mol. The molecule has 2 aromatic rings. The fraction of sp³-hybridized carbons (Fsp3) is 0.312. The third kappa shape index (κ3) is 4.79. The second kappa shape index (κ2) is 7.23. The second-order valence-electron chi connectivity index (χ2n) is 5.19. The monoisotopic (exact) mass is 325 g/mol. The molecule has 23 heavy (non-hydrogen) atoms. The van der Waals surface area contributed by atoms with Gasteiger partial charge in [0.15, 0.2) is 0 Å². The van der Waals surface area contributed by atoms with Gasteiger partial charge in [0.05, 0.1) is 19.2 Å². The largest absolute Gasteiger partial charge is 0.466 e. The predicted octanol–water partition coefficient (Wildman–Crippen LogP) is 2.45. The van der Waals surface area contributed by atoms with Gasteiger partial charge in [-0.2, -0.15) is 8.78 Å². The lowest BCUT2D eigenvalue weighted by Gasteiger charge is -2.21. The number of aliphatic hydroxyl groups is 1. The third-order valence-corrected chi connectivity index (χ3v) is 3.22. The maximum Gasteiger partial charge on any atom is 0.387 e. The van der Waals surface area contributed by atoms with Crippen LogP contribution in [0.15, 0.2) is 47.1 Å². The summed E-state index contributed by atoms with van der Waals surface area (Å²) in [5.74, 6) is -0.156. The second-order valence-corrected chi connectivity index (χ2v) is 5.19. The van der Waals surface area contributed by atoms with Crippen molar-refractivity contribution in [3.8, 4) is 5.75 Å². The van der Waals surface area contributed by atoms with Gasteiger partial charge in [-0.1, -0.05) is 18.2 Å². The smallest absolute Gasteiger partial charge is 0.387 e. The average Bonchev–Trinajstić information content (AvgIpc) is 3.02. The molecule has 0 aliphatic carbocycles. The zero-order valence-electron chi connectivity index (χ0n) is 12.5. The van der Waals surface area contributed by atoms with Gasteiger partial charge in [0.2, 0.25) is 5.91 Å². The Morgan fingerprint density at radius 2 is 2.09 bits per heavy atom. The van der Waals surface area contributed by atoms with Crippen LogP contribution in [-0.2, 0) is 16.8 Å². The summed E-state index contributed by atoms with van der Waals surface area (Å²) in [7, 11) is 0. The van der Waals surface area contributed by atoms with Crippen LogP contribution in [0.2, 0.25) is 0 Å². The van der Waals surface area contributed by atoms with E-state index in [2.05, 4.69) is 10.1 Å². The predicted molar refractivity (Wildman–Crippen MR) is 78.1 cm³/mol. The van der Waals surface area contributed by atoms with Gasteiger partial charge < -0.3 is 19.6 Å². The van der Waals surface area contributed by atoms with E-state index in [-0.39, 0.29) is 18.7 Å². The SMILES string of the molecule is CC(O)(CNC(=O)Cc1ccccc1OC(F)F)c1ccco1. The number of hydrogen-bond donors (Lipinski definition) is 2. The number of halogens is 2. The molecule has 0 aliphatic rings. The summed E-state index contributed by atoms with van der Waals surface area (Å²) in [5.41, 5.74) is -1.03. The molecule has 0 bridgehead atoms. The molecule has 2 rings (SSSR count). The van der Waals surface area contributed by atoms with Crippen LogP contribution in [0.25, 0.3) is 0 Å². The van der Waals surface area contributed by atoms with Crippen molar-refractivity contribution in [2.45, 2.75) is 25.6 Å². The Labute approximate surface area is 131 Å². The number of hydrogen-bond acceptors (Lipinski definition) is 4. The lowest BCUT2D eigenvalue weighted by molar-refractivity contribution is -0.122. The van der Waals surface area contributed by atoms with E-state index in [0.717, 1.165) is 0 Å². The molecule has 1 unspecified atom stereocenters. The lowest BCUT2D eigenvalue weighted by Crippen LogP contribution is -2.39. The van der Waals surface area contributed by atoms with E-state index in [1.165, 1.54) is 25.3 Å². The molecule has 1 atom stereocenters. The van der Waals surface area contributed by atoms with E-state index in [1.807, 2.05) is 0 Å². The van der Waals surface area contributed by atoms with E-state index in [4.69, 9.17) is 4.42 Å². The van der Waals surface area contributed by atoms with Crippen molar-refractivity contribution in [1.29, 1.82) is 0 Å². The summed E-state index contributed by atoms with van der Waals surface area (Å²) in [6, 6.07) is 9.29. The molecule has 0 saturated carbocycles. The molecule has 1 heterocycles. The zero-order valence-corrected chi connectivity index (χ0v) is 12.5. The van der Waals surface area contributed by atoms with Gasteiger partial charge in [-0.3, -0.25) is 4.79 Å². The number of carbonyl (C=O) groups is 1. The first kappa shape index (κ1) is 17.0. The first-order chi connectivity index (χ1) is 10.9. The molecule has 7 heteroatoms. The van der Waals surface area contributed by atoms with Crippen molar-refractivity contribution in [2.75, 3.05) is 6.54 Å². The molecule has 1 aromatic heterocycles. The van der Waals surface area contributed by atoms with Crippen molar-refractivity contribution in [3.63, 3.8) is 0 Å². The molecule has 5 nitrogen and oxygen atoms in total. The van der Waals surface area contributed by atoms with E-state index in [1.54, 1.807) is 24.3 Å². The third-order valence-electron chi connectivity index (χ3n) is 3.22. The van der Waals surface area contributed by atoms with Gasteiger partial charge in [0, 0.05) is 5.56 Å². The van der Waals surface area contributed by atoms with Gasteiger partial charge in [0.1, 0.15) is 17.1 Å². The highest BCUT2D eigenvalue weighted by atomic mass is 19.3. The number of amides is 1. The Hall–Kier alpha value is -2.41. The maximum absolute atomic E-state index is 12.3. The van der Waals surface area contributed by atoms with Gasteiger partial charge in [0.25, 0.3) is 0 Å². The summed E-state index contributed by atoms with van der Waals surface area (Å²) in [5, 5.41) is 12.8. The average molecular weight is 325 g/mol. The van der Waals surface area contributed by atoms with Crippen LogP contribution in [0.4, 0.5) is 8.78 Å². The van der Waals surface area contributed by atoms with Crippen molar-refractivity contribution in [3.05, 3.63) is 54.0 Å². The van der Waals surface area contributed by atoms with Crippen molar-refractivity contribution in [1.82, 2.24) is 5.32 Å². The molecule has 1 amide bonds. The van der Waals surface area contributed by atoms with Crippen molar-refractivity contribution >= 4 is 5.91 Å². The number of nitrogens with one attached hydrogen (secondary N) is 1. The number of carbonyl (C=O) groups excluding carboxylic acids is 1. The normalized spacial score (nSPS) is 13.6. The molecule has 2 N–H and O–H groups in total. The van der Waals surface area contributed by atoms with Crippen molar-refractivity contribution in [2.24, 2.45) is 0 Å². The fourth-order valence-electron chi connectivity index (χ4n) is 2.04. The van der Waals surface area contributed by atoms with Crippen LogP contribution in [0.1, 0.15) is 18.2 Å². The molecule has 1 aromatic carbocycles. The van der Waals surface area contributed by atoms with Crippen LogP contribution in [-0.4, -0.2) is 24.2 Å². The molecule has 0 radical (unpaired) electrons. The first-order valence-corrected chi connectivity index (χ1v) is 6.94. The van der Waals surface area contributed by atoms with E-state index in [9.17, 15) is 18.7 Å². The minimum atomic E-state index is -2.96. The number of furan rings is 1. The van der Waals surface area contributed by atoms with Gasteiger partial charge in [-0.05, 0) is 25.1 Å². The Bertz CT molecular complexity index is 641. The Balaban J connectivity index is 1.95. The standard InChI is InChI=1S/C16H17F2NO4/c1-16(21,13-7-4-8-22-13)10-19-14(20)9-11-5-2-3-6-12(11)23-15(17)18/h2-8,15,21H,9-10H2,1H3,(H,19,20). The number of rotatable bonds is 7. The quantitative estimate of drug-likeness (QED) is 0.820. The number of para-hydroxylation sites is 1. The summed E-state index contributed by atoms with van der Waals surface area (Å²) in [6.45, 7) is -1.53. The van der Waals surface area contributed by atoms with Crippen LogP contribution < -0.4 is 10.1 Å². The summed E-state index contributed by atoms with van der Waals surface area (Å²) >= 11 is 0. The van der Waals surface area contributed by atoms with E-state index < -0.39 is 18.1 Å². The molecule has 0 fully saturated rings. The molecular formula is C16H17F2NO4. The van der Waals surface area contributed by atoms with Gasteiger partial charge in [-0.25, -0.2) is 0 Å². The highest BCUT2D eigenvalue weighted by Gasteiger charge is 2.26. The number of ether oxygens (including phenoxy) is 1. The maximum atomic E-state index is 12.3. The van der Waals surface area contributed by atoms with Crippen LogP contribution in [0, 0.1) is 0 Å². The van der Waals surface area contributed by atoms with Gasteiger partial charge in [-0.15, -0.1) is 0 Å². The molecule has 0 saturated heterocycles. The van der Waals surface area contributed by atoms with Crippen molar-refractivity contribution < 1.29 is 27.8 Å². The van der Waals surface area contributed by atoms with E-state index >= 15 is 0 Å². The Morgan fingerprint density at radius 3 is 2.74 bits per heavy atom. The van der Waals surface area contributed by atoms with Gasteiger partial charge >= 0.3 is 6.61 Å². The zero-order chi connectivity index (χ0) is 16.9. The highest BCUT2D eigenvalue weighted by Crippen LogP contribution is 2.22. The Morgan fingerprint density at radius 1 is 1.35 bits per heavy atom.